The number of piperazine rings is 1. The second-order valence-electron chi connectivity index (χ2n) is 7.53. The summed E-state index contributed by atoms with van der Waals surface area (Å²) in [6.07, 6.45) is 0.899. The average Bonchev–Trinajstić information content (AvgIpc) is 3.21. The Kier molecular flexibility index (Phi) is 8.29. The number of hydrogen-bond acceptors (Lipinski definition) is 7. The van der Waals surface area contributed by atoms with E-state index in [0.29, 0.717) is 5.92 Å². The van der Waals surface area contributed by atoms with Gasteiger partial charge in [-0.25, -0.2) is 4.98 Å². The van der Waals surface area contributed by atoms with E-state index in [1.54, 1.807) is 0 Å². The van der Waals surface area contributed by atoms with E-state index in [-0.39, 0.29) is 0 Å². The third-order valence-electron chi connectivity index (χ3n) is 5.18. The van der Waals surface area contributed by atoms with Crippen molar-refractivity contribution >= 4 is 22.6 Å². The lowest BCUT2D eigenvalue weighted by Gasteiger charge is -2.36. The molecule has 8 nitrogen and oxygen atoms in total. The van der Waals surface area contributed by atoms with Crippen LogP contribution in [0.4, 0.5) is 5.13 Å². The average molecular weight is 410 g/mol. The molecule has 0 aromatic carbocycles. The molecule has 2 saturated heterocycles. The molecule has 0 bridgehead atoms. The van der Waals surface area contributed by atoms with Gasteiger partial charge in [-0.2, -0.15) is 4.37 Å². The lowest BCUT2D eigenvalue weighted by molar-refractivity contribution is 0.0323. The summed E-state index contributed by atoms with van der Waals surface area (Å²) < 4.78 is 9.86. The van der Waals surface area contributed by atoms with Crippen molar-refractivity contribution in [3.05, 3.63) is 5.82 Å². The number of anilines is 1. The van der Waals surface area contributed by atoms with Gasteiger partial charge < -0.3 is 19.9 Å². The molecule has 2 aliphatic heterocycles. The lowest BCUT2D eigenvalue weighted by atomic mass is 10.1. The minimum Gasteiger partial charge on any atom is -0.379 e. The van der Waals surface area contributed by atoms with Crippen molar-refractivity contribution in [2.75, 3.05) is 77.0 Å². The first-order valence-corrected chi connectivity index (χ1v) is 11.4. The molecule has 28 heavy (non-hydrogen) atoms. The summed E-state index contributed by atoms with van der Waals surface area (Å²) in [5.74, 6) is 2.54. The van der Waals surface area contributed by atoms with Gasteiger partial charge in [0.2, 0.25) is 5.13 Å². The monoisotopic (exact) mass is 409 g/mol. The summed E-state index contributed by atoms with van der Waals surface area (Å²) in [6, 6.07) is 0. The maximum absolute atomic E-state index is 5.44. The van der Waals surface area contributed by atoms with E-state index in [4.69, 9.17) is 9.73 Å². The number of nitrogens with zero attached hydrogens (tertiary/aromatic N) is 6. The van der Waals surface area contributed by atoms with Crippen molar-refractivity contribution in [3.8, 4) is 0 Å². The van der Waals surface area contributed by atoms with Crippen LogP contribution in [0, 0.1) is 5.92 Å². The number of aromatic nitrogens is 2. The molecule has 3 rings (SSSR count). The zero-order chi connectivity index (χ0) is 19.8. The molecule has 0 spiro atoms. The van der Waals surface area contributed by atoms with Gasteiger partial charge in [0.15, 0.2) is 5.96 Å². The van der Waals surface area contributed by atoms with Crippen molar-refractivity contribution in [1.82, 2.24) is 24.5 Å². The summed E-state index contributed by atoms with van der Waals surface area (Å²) in [6.45, 7) is 17.0. The van der Waals surface area contributed by atoms with Crippen LogP contribution in [0.15, 0.2) is 4.99 Å². The first kappa shape index (κ1) is 21.3. The maximum Gasteiger partial charge on any atom is 0.205 e. The van der Waals surface area contributed by atoms with E-state index in [0.717, 1.165) is 95.5 Å². The number of guanidine groups is 1. The van der Waals surface area contributed by atoms with E-state index >= 15 is 0 Å². The van der Waals surface area contributed by atoms with Gasteiger partial charge in [-0.3, -0.25) is 9.89 Å². The predicted octanol–water partition coefficient (Wildman–Crippen LogP) is 1.16. The van der Waals surface area contributed by atoms with Gasteiger partial charge in [-0.15, -0.1) is 0 Å². The van der Waals surface area contributed by atoms with Crippen LogP contribution >= 0.6 is 11.5 Å². The molecule has 1 unspecified atom stereocenters. The number of aryl methyl sites for hydroxylation is 1. The fourth-order valence-electron chi connectivity index (χ4n) is 3.58. The van der Waals surface area contributed by atoms with E-state index in [1.807, 2.05) is 0 Å². The maximum atomic E-state index is 5.44. The Bertz CT molecular complexity index is 609. The Morgan fingerprint density at radius 2 is 1.93 bits per heavy atom. The Morgan fingerprint density at radius 1 is 1.18 bits per heavy atom. The van der Waals surface area contributed by atoms with Crippen LogP contribution in [0.3, 0.4) is 0 Å². The SMILES string of the molecule is CCNC(=NCC(C)CN1CCOCC1)N1CCN(c2nc(CC)ns2)CC1. The smallest absolute Gasteiger partial charge is 0.205 e. The minimum absolute atomic E-state index is 0.543. The van der Waals surface area contributed by atoms with Gasteiger partial charge in [0.05, 0.1) is 13.2 Å². The highest BCUT2D eigenvalue weighted by Crippen LogP contribution is 2.19. The molecule has 1 aromatic rings. The highest BCUT2D eigenvalue weighted by molar-refractivity contribution is 7.09. The van der Waals surface area contributed by atoms with Crippen LogP contribution < -0.4 is 10.2 Å². The number of aliphatic imine (C=N–C) groups is 1. The standard InChI is InChI=1S/C19H35N7OS/c1-4-17-22-19(28-23-17)26-8-6-25(7-9-26)18(20-5-2)21-14-16(3)15-24-10-12-27-13-11-24/h16H,4-15H2,1-3H3,(H,20,21). The van der Waals surface area contributed by atoms with Crippen LogP contribution in [0.5, 0.6) is 0 Å². The van der Waals surface area contributed by atoms with Crippen LogP contribution in [-0.4, -0.2) is 97.2 Å². The van der Waals surface area contributed by atoms with Gasteiger partial charge in [0.1, 0.15) is 5.82 Å². The van der Waals surface area contributed by atoms with Crippen molar-refractivity contribution in [1.29, 1.82) is 0 Å². The van der Waals surface area contributed by atoms with Gasteiger partial charge in [-0.1, -0.05) is 13.8 Å². The van der Waals surface area contributed by atoms with Crippen molar-refractivity contribution < 1.29 is 4.74 Å². The molecule has 2 aliphatic rings. The molecule has 0 aliphatic carbocycles. The summed E-state index contributed by atoms with van der Waals surface area (Å²) in [5, 5.41) is 4.53. The summed E-state index contributed by atoms with van der Waals surface area (Å²) in [5.41, 5.74) is 0. The first-order valence-electron chi connectivity index (χ1n) is 10.6. The molecule has 3 heterocycles. The summed E-state index contributed by atoms with van der Waals surface area (Å²) in [7, 11) is 0. The van der Waals surface area contributed by atoms with Crippen LogP contribution in [-0.2, 0) is 11.2 Å². The second kappa shape index (κ2) is 10.9. The Balaban J connectivity index is 1.49. The number of hydrogen-bond donors (Lipinski definition) is 1. The van der Waals surface area contributed by atoms with Gasteiger partial charge >= 0.3 is 0 Å². The van der Waals surface area contributed by atoms with Crippen LogP contribution in [0.25, 0.3) is 0 Å². The highest BCUT2D eigenvalue weighted by Gasteiger charge is 2.22. The van der Waals surface area contributed by atoms with Crippen molar-refractivity contribution in [2.24, 2.45) is 10.9 Å². The molecular formula is C19H35N7OS. The topological polar surface area (TPSA) is 69.1 Å². The quantitative estimate of drug-likeness (QED) is 0.535. The largest absolute Gasteiger partial charge is 0.379 e. The minimum atomic E-state index is 0.543. The molecule has 1 N–H and O–H groups in total. The van der Waals surface area contributed by atoms with Gasteiger partial charge in [0.25, 0.3) is 0 Å². The predicted molar refractivity (Wildman–Crippen MR) is 115 cm³/mol. The molecule has 158 valence electrons. The summed E-state index contributed by atoms with van der Waals surface area (Å²) >= 11 is 1.52. The zero-order valence-electron chi connectivity index (χ0n) is 17.6. The van der Waals surface area contributed by atoms with Gasteiger partial charge in [-0.05, 0) is 12.8 Å². The van der Waals surface area contributed by atoms with Crippen LogP contribution in [0.2, 0.25) is 0 Å². The number of morpholine rings is 1. The molecule has 1 aromatic heterocycles. The molecule has 0 saturated carbocycles. The molecular weight excluding hydrogens is 374 g/mol. The Morgan fingerprint density at radius 3 is 2.57 bits per heavy atom. The van der Waals surface area contributed by atoms with Crippen LogP contribution in [0.1, 0.15) is 26.6 Å². The lowest BCUT2D eigenvalue weighted by Crippen LogP contribution is -2.52. The third kappa shape index (κ3) is 6.02. The second-order valence-corrected chi connectivity index (χ2v) is 8.26. The normalized spacial score (nSPS) is 20.5. The fourth-order valence-corrected chi connectivity index (χ4v) is 4.38. The molecule has 9 heteroatoms. The van der Waals surface area contributed by atoms with E-state index < -0.39 is 0 Å². The number of rotatable bonds is 7. The van der Waals surface area contributed by atoms with Crippen molar-refractivity contribution in [2.45, 2.75) is 27.2 Å². The first-order chi connectivity index (χ1) is 13.7. The van der Waals surface area contributed by atoms with Gasteiger partial charge in [0, 0.05) is 76.9 Å². The number of nitrogens with one attached hydrogen (secondary N) is 1. The Labute approximate surface area is 173 Å². The molecule has 0 amide bonds. The highest BCUT2D eigenvalue weighted by atomic mass is 32.1. The van der Waals surface area contributed by atoms with E-state index in [9.17, 15) is 0 Å². The Hall–Kier alpha value is -1.45. The van der Waals surface area contributed by atoms with E-state index in [2.05, 4.69) is 50.1 Å². The zero-order valence-corrected chi connectivity index (χ0v) is 18.4. The van der Waals surface area contributed by atoms with E-state index in [1.165, 1.54) is 11.5 Å². The molecule has 2 fully saturated rings. The summed E-state index contributed by atoms with van der Waals surface area (Å²) in [4.78, 5) is 16.8. The fraction of sp³-hybridized carbons (Fsp3) is 0.842. The number of ether oxygens (including phenoxy) is 1. The van der Waals surface area contributed by atoms with Crippen molar-refractivity contribution in [3.63, 3.8) is 0 Å². The molecule has 0 radical (unpaired) electrons. The third-order valence-corrected chi connectivity index (χ3v) is 6.00. The molecule has 1 atom stereocenters.